The van der Waals surface area contributed by atoms with Crippen LogP contribution in [0.3, 0.4) is 0 Å². The van der Waals surface area contributed by atoms with E-state index in [4.69, 9.17) is 0 Å². The topological polar surface area (TPSA) is 217 Å². The van der Waals surface area contributed by atoms with Crippen molar-refractivity contribution >= 4 is 53.0 Å². The number of nitro benzene ring substituents is 2. The predicted molar refractivity (Wildman–Crippen MR) is 166 cm³/mol. The molecule has 0 unspecified atom stereocenters. The Kier molecular flexibility index (Phi) is 8.75. The van der Waals surface area contributed by atoms with Crippen LogP contribution in [0.4, 0.5) is 40.6 Å². The highest BCUT2D eigenvalue weighted by Gasteiger charge is 2.19. The van der Waals surface area contributed by atoms with Crippen LogP contribution in [0.15, 0.2) is 107 Å². The zero-order valence-corrected chi connectivity index (χ0v) is 23.0. The molecule has 5 aromatic rings. The van der Waals surface area contributed by atoms with Crippen LogP contribution in [0.2, 0.25) is 0 Å². The minimum Gasteiger partial charge on any atom is -0.502 e. The zero-order valence-electron chi connectivity index (χ0n) is 23.0. The first-order chi connectivity index (χ1) is 21.8. The van der Waals surface area contributed by atoms with E-state index in [9.17, 15) is 30.4 Å². The number of nitrogens with zero attached hydrogens (tertiary/aromatic N) is 8. The molecule has 0 aliphatic rings. The van der Waals surface area contributed by atoms with E-state index in [0.717, 1.165) is 24.6 Å². The molecule has 0 aliphatic carbocycles. The molecule has 5 rings (SSSR count). The highest BCUT2D eigenvalue weighted by atomic mass is 16.6. The van der Waals surface area contributed by atoms with Gasteiger partial charge in [-0.05, 0) is 36.4 Å². The van der Waals surface area contributed by atoms with Gasteiger partial charge in [-0.3, -0.25) is 25.1 Å². The Morgan fingerprint density at radius 1 is 0.622 bits per heavy atom. The van der Waals surface area contributed by atoms with E-state index in [0.29, 0.717) is 11.4 Å². The standard InChI is InChI=1S/C29H22N10O6/c40-25-19(9-7-15-23(25)38(42)43)17-30-35-27-32-28(36-31-18-20-10-8-16-24(26(20)41)39(44)45)34-29(33-27)37(21-11-3-1-4-12-21)22-13-5-2-6-14-22/h1-18,40-41H,(H2,32,33,34,35,36). The first kappa shape index (κ1) is 29.5. The summed E-state index contributed by atoms with van der Waals surface area (Å²) in [6.45, 7) is 0. The fraction of sp³-hybridized carbons (Fsp3) is 0. The van der Waals surface area contributed by atoms with Gasteiger partial charge in [0.15, 0.2) is 0 Å². The molecule has 0 spiro atoms. The van der Waals surface area contributed by atoms with Crippen LogP contribution in [0.1, 0.15) is 11.1 Å². The van der Waals surface area contributed by atoms with E-state index >= 15 is 0 Å². The first-order valence-electron chi connectivity index (χ1n) is 13.0. The van der Waals surface area contributed by atoms with Crippen LogP contribution < -0.4 is 15.8 Å². The van der Waals surface area contributed by atoms with Crippen molar-refractivity contribution < 1.29 is 20.1 Å². The highest BCUT2D eigenvalue weighted by Crippen LogP contribution is 2.33. The van der Waals surface area contributed by atoms with Crippen LogP contribution in [0.25, 0.3) is 0 Å². The van der Waals surface area contributed by atoms with Crippen molar-refractivity contribution in [3.8, 4) is 11.5 Å². The summed E-state index contributed by atoms with van der Waals surface area (Å²) in [6.07, 6.45) is 2.32. The molecule has 0 radical (unpaired) electrons. The Labute approximate surface area is 254 Å². The fourth-order valence-corrected chi connectivity index (χ4v) is 4.02. The van der Waals surface area contributed by atoms with Crippen molar-refractivity contribution in [1.82, 2.24) is 15.0 Å². The number of hydrazone groups is 2. The van der Waals surface area contributed by atoms with Crippen LogP contribution in [-0.4, -0.2) is 47.4 Å². The molecule has 0 fully saturated rings. The smallest absolute Gasteiger partial charge is 0.311 e. The number of hydrogen-bond acceptors (Lipinski definition) is 14. The SMILES string of the molecule is O=[N+]([O-])c1cccc(C=NNc2nc(NN=Cc3cccc([N+](=O)[O-])c3O)nc(N(c3ccccc3)c3ccccc3)n2)c1O. The predicted octanol–water partition coefficient (Wildman–Crippen LogP) is 5.46. The second-order valence-corrected chi connectivity index (χ2v) is 8.97. The van der Waals surface area contributed by atoms with E-state index in [2.05, 4.69) is 36.0 Å². The first-order valence-corrected chi connectivity index (χ1v) is 13.0. The molecular formula is C29H22N10O6. The van der Waals surface area contributed by atoms with Gasteiger partial charge in [0.05, 0.1) is 22.3 Å². The molecule has 0 saturated carbocycles. The van der Waals surface area contributed by atoms with Gasteiger partial charge in [0.2, 0.25) is 29.3 Å². The van der Waals surface area contributed by atoms with Crippen molar-refractivity contribution in [2.45, 2.75) is 0 Å². The largest absolute Gasteiger partial charge is 0.502 e. The minimum atomic E-state index is -0.716. The van der Waals surface area contributed by atoms with Gasteiger partial charge < -0.3 is 10.2 Å². The van der Waals surface area contributed by atoms with E-state index in [1.165, 1.54) is 24.3 Å². The average Bonchev–Trinajstić information content (AvgIpc) is 3.03. The molecule has 45 heavy (non-hydrogen) atoms. The number of anilines is 5. The van der Waals surface area contributed by atoms with Gasteiger partial charge in [0, 0.05) is 34.6 Å². The zero-order chi connectivity index (χ0) is 31.8. The maximum absolute atomic E-state index is 11.2. The molecule has 0 saturated heterocycles. The lowest BCUT2D eigenvalue weighted by Crippen LogP contribution is -2.16. The summed E-state index contributed by atoms with van der Waals surface area (Å²) in [5, 5.41) is 50.9. The lowest BCUT2D eigenvalue weighted by molar-refractivity contribution is -0.386. The number of para-hydroxylation sites is 4. The second-order valence-electron chi connectivity index (χ2n) is 8.97. The van der Waals surface area contributed by atoms with Crippen LogP contribution in [0, 0.1) is 20.2 Å². The lowest BCUT2D eigenvalue weighted by Gasteiger charge is -2.23. The van der Waals surface area contributed by atoms with Crippen molar-refractivity contribution in [2.75, 3.05) is 15.8 Å². The second kappa shape index (κ2) is 13.3. The number of benzene rings is 4. The van der Waals surface area contributed by atoms with E-state index in [-0.39, 0.29) is 29.0 Å². The Morgan fingerprint density at radius 3 is 1.44 bits per heavy atom. The maximum atomic E-state index is 11.2. The summed E-state index contributed by atoms with van der Waals surface area (Å²) in [5.41, 5.74) is 5.87. The Morgan fingerprint density at radius 2 is 1.04 bits per heavy atom. The highest BCUT2D eigenvalue weighted by molar-refractivity contribution is 5.86. The Balaban J connectivity index is 1.52. The van der Waals surface area contributed by atoms with Gasteiger partial charge in [-0.2, -0.15) is 25.2 Å². The summed E-state index contributed by atoms with van der Waals surface area (Å²) in [6, 6.07) is 26.5. The monoisotopic (exact) mass is 606 g/mol. The molecule has 224 valence electrons. The molecule has 1 heterocycles. The normalized spacial score (nSPS) is 11.0. The Bertz CT molecular complexity index is 1770. The molecule has 0 bridgehead atoms. The number of aromatic nitrogens is 3. The molecule has 16 nitrogen and oxygen atoms in total. The van der Waals surface area contributed by atoms with Crippen LogP contribution in [0.5, 0.6) is 11.5 Å². The van der Waals surface area contributed by atoms with Crippen LogP contribution >= 0.6 is 0 Å². The van der Waals surface area contributed by atoms with Crippen molar-refractivity contribution in [3.63, 3.8) is 0 Å². The van der Waals surface area contributed by atoms with E-state index < -0.39 is 32.7 Å². The number of phenols is 2. The average molecular weight is 607 g/mol. The number of nitro groups is 2. The molecule has 0 amide bonds. The summed E-state index contributed by atoms with van der Waals surface area (Å²) >= 11 is 0. The number of rotatable bonds is 11. The third-order valence-electron chi connectivity index (χ3n) is 6.07. The van der Waals surface area contributed by atoms with Gasteiger partial charge >= 0.3 is 11.4 Å². The lowest BCUT2D eigenvalue weighted by atomic mass is 10.2. The number of nitrogens with one attached hydrogen (secondary N) is 2. The van der Waals surface area contributed by atoms with Gasteiger partial charge in [-0.25, -0.2) is 10.9 Å². The van der Waals surface area contributed by atoms with Gasteiger partial charge in [0.1, 0.15) is 0 Å². The molecule has 4 aromatic carbocycles. The number of hydrogen-bond donors (Lipinski definition) is 4. The van der Waals surface area contributed by atoms with Crippen molar-refractivity contribution in [2.24, 2.45) is 10.2 Å². The molecule has 0 aliphatic heterocycles. The molecule has 0 atom stereocenters. The van der Waals surface area contributed by atoms with E-state index in [1.54, 1.807) is 4.90 Å². The van der Waals surface area contributed by atoms with Gasteiger partial charge in [-0.15, -0.1) is 0 Å². The van der Waals surface area contributed by atoms with Crippen molar-refractivity contribution in [1.29, 1.82) is 0 Å². The minimum absolute atomic E-state index is 0.0703. The van der Waals surface area contributed by atoms with E-state index in [1.807, 2.05) is 60.7 Å². The molecule has 4 N–H and O–H groups in total. The summed E-state index contributed by atoms with van der Waals surface area (Å²) in [4.78, 5) is 35.9. The van der Waals surface area contributed by atoms with Gasteiger partial charge in [-0.1, -0.05) is 48.5 Å². The molecule has 16 heteroatoms. The number of phenolic OH excluding ortho intramolecular Hbond substituents is 2. The summed E-state index contributed by atoms with van der Waals surface area (Å²) < 4.78 is 0. The third-order valence-corrected chi connectivity index (χ3v) is 6.07. The maximum Gasteiger partial charge on any atom is 0.311 e. The molecule has 1 aromatic heterocycles. The number of aromatic hydroxyl groups is 2. The summed E-state index contributed by atoms with van der Waals surface area (Å²) in [7, 11) is 0. The Hall–Kier alpha value is -6.97. The fourth-order valence-electron chi connectivity index (χ4n) is 4.02. The molecular weight excluding hydrogens is 584 g/mol. The van der Waals surface area contributed by atoms with Gasteiger partial charge in [0.25, 0.3) is 0 Å². The summed E-state index contributed by atoms with van der Waals surface area (Å²) in [5.74, 6) is -1.15. The van der Waals surface area contributed by atoms with Crippen LogP contribution in [-0.2, 0) is 0 Å². The van der Waals surface area contributed by atoms with Crippen molar-refractivity contribution in [3.05, 3.63) is 128 Å². The third kappa shape index (κ3) is 6.92. The quantitative estimate of drug-likeness (QED) is 0.0837.